The lowest BCUT2D eigenvalue weighted by molar-refractivity contribution is -0.137. The Kier molecular flexibility index (Phi) is 6.23. The quantitative estimate of drug-likeness (QED) is 0.527. The zero-order chi connectivity index (χ0) is 22.8. The molecule has 0 aliphatic rings. The lowest BCUT2D eigenvalue weighted by Crippen LogP contribution is -2.12. The number of carbonyl (C=O) groups excluding carboxylic acids is 1. The van der Waals surface area contributed by atoms with Crippen LogP contribution in [-0.2, 0) is 21.0 Å². The van der Waals surface area contributed by atoms with Gasteiger partial charge < -0.3 is 9.84 Å². The summed E-state index contributed by atoms with van der Waals surface area (Å²) >= 11 is 0.946. The summed E-state index contributed by atoms with van der Waals surface area (Å²) in [6, 6.07) is 6.62. The number of thiophene rings is 1. The first-order chi connectivity index (χ1) is 14.5. The van der Waals surface area contributed by atoms with E-state index < -0.39 is 21.8 Å². The number of halogens is 3. The first-order valence-corrected chi connectivity index (χ1v) is 11.0. The van der Waals surface area contributed by atoms with Gasteiger partial charge in [0.1, 0.15) is 15.6 Å². The van der Waals surface area contributed by atoms with Crippen LogP contribution in [0.25, 0.3) is 12.2 Å². The molecule has 0 saturated carbocycles. The minimum absolute atomic E-state index is 0.00979. The zero-order valence-corrected chi connectivity index (χ0v) is 17.8. The predicted molar refractivity (Wildman–Crippen MR) is 111 cm³/mol. The van der Waals surface area contributed by atoms with Crippen molar-refractivity contribution in [3.63, 3.8) is 0 Å². The molecule has 0 bridgehead atoms. The van der Waals surface area contributed by atoms with Gasteiger partial charge in [-0.05, 0) is 55.5 Å². The van der Waals surface area contributed by atoms with Gasteiger partial charge in [0.2, 0.25) is 5.91 Å². The summed E-state index contributed by atoms with van der Waals surface area (Å²) in [5.74, 6) is 0.00757. The van der Waals surface area contributed by atoms with Gasteiger partial charge in [-0.25, -0.2) is 8.42 Å². The van der Waals surface area contributed by atoms with Gasteiger partial charge in [0.05, 0.1) is 5.56 Å². The Balaban J connectivity index is 1.75. The van der Waals surface area contributed by atoms with Crippen LogP contribution in [0.4, 0.5) is 24.5 Å². The molecule has 1 amide bonds. The van der Waals surface area contributed by atoms with E-state index in [0.717, 1.165) is 35.6 Å². The van der Waals surface area contributed by atoms with E-state index in [2.05, 4.69) is 15.2 Å². The maximum Gasteiger partial charge on any atom is 0.416 e. The highest BCUT2D eigenvalue weighted by molar-refractivity contribution is 7.94. The normalized spacial score (nSPS) is 12.3. The number of alkyl halides is 3. The number of nitrogens with one attached hydrogen (secondary N) is 2. The maximum absolute atomic E-state index is 12.6. The lowest BCUT2D eigenvalue weighted by atomic mass is 10.2. The van der Waals surface area contributed by atoms with Crippen molar-refractivity contribution in [2.24, 2.45) is 0 Å². The average molecular weight is 471 g/mol. The molecular formula is C19H16F3N3O4S2. The molecule has 3 aromatic rings. The summed E-state index contributed by atoms with van der Waals surface area (Å²) in [6.45, 7) is 3.01. The smallest absolute Gasteiger partial charge is 0.354 e. The van der Waals surface area contributed by atoms with E-state index in [-0.39, 0.29) is 15.8 Å². The molecule has 0 aliphatic carbocycles. The molecule has 0 fully saturated rings. The highest BCUT2D eigenvalue weighted by atomic mass is 32.2. The predicted octanol–water partition coefficient (Wildman–Crippen LogP) is 4.99. The number of benzene rings is 1. The highest BCUT2D eigenvalue weighted by Crippen LogP contribution is 2.31. The molecule has 2 heterocycles. The van der Waals surface area contributed by atoms with Crippen LogP contribution in [0.3, 0.4) is 0 Å². The van der Waals surface area contributed by atoms with E-state index in [4.69, 9.17) is 4.52 Å². The number of anilines is 2. The first kappa shape index (κ1) is 22.6. The summed E-state index contributed by atoms with van der Waals surface area (Å²) in [5, 5.41) is 6.39. The molecule has 0 radical (unpaired) electrons. The average Bonchev–Trinajstić information content (AvgIpc) is 3.27. The molecule has 3 rings (SSSR count). The van der Waals surface area contributed by atoms with Gasteiger partial charge in [0.15, 0.2) is 5.76 Å². The van der Waals surface area contributed by atoms with Crippen molar-refractivity contribution in [1.29, 1.82) is 0 Å². The molecule has 0 unspecified atom stereocenters. The van der Waals surface area contributed by atoms with Crippen LogP contribution in [0, 0.1) is 6.92 Å². The van der Waals surface area contributed by atoms with Crippen molar-refractivity contribution < 1.29 is 30.9 Å². The van der Waals surface area contributed by atoms with Crippen molar-refractivity contribution in [3.05, 3.63) is 58.3 Å². The zero-order valence-electron chi connectivity index (χ0n) is 16.1. The van der Waals surface area contributed by atoms with Gasteiger partial charge in [0, 0.05) is 17.5 Å². The molecule has 0 aliphatic heterocycles. The molecule has 12 heteroatoms. The van der Waals surface area contributed by atoms with Gasteiger partial charge >= 0.3 is 6.18 Å². The number of rotatable bonds is 6. The topological polar surface area (TPSA) is 101 Å². The van der Waals surface area contributed by atoms with Gasteiger partial charge in [-0.1, -0.05) is 5.16 Å². The second-order valence-corrected chi connectivity index (χ2v) is 9.38. The molecule has 164 valence electrons. The van der Waals surface area contributed by atoms with Gasteiger partial charge in [0.25, 0.3) is 10.0 Å². The maximum atomic E-state index is 12.6. The van der Waals surface area contributed by atoms with E-state index in [1.165, 1.54) is 19.1 Å². The number of carbonyl (C=O) groups is 1. The summed E-state index contributed by atoms with van der Waals surface area (Å²) in [4.78, 5) is 11.9. The third-order valence-corrected chi connectivity index (χ3v) is 6.84. The molecule has 2 aromatic heterocycles. The number of sulfonamides is 1. The van der Waals surface area contributed by atoms with Crippen molar-refractivity contribution in [3.8, 4) is 0 Å². The number of amides is 1. The van der Waals surface area contributed by atoms with Crippen molar-refractivity contribution in [1.82, 2.24) is 5.16 Å². The van der Waals surface area contributed by atoms with Crippen LogP contribution in [0.2, 0.25) is 0 Å². The van der Waals surface area contributed by atoms with Crippen LogP contribution in [0.1, 0.15) is 28.8 Å². The summed E-state index contributed by atoms with van der Waals surface area (Å²) < 4.78 is 70.3. The van der Waals surface area contributed by atoms with Gasteiger partial charge in [-0.3, -0.25) is 9.52 Å². The second kappa shape index (κ2) is 8.55. The monoisotopic (exact) mass is 471 g/mol. The molecule has 0 atom stereocenters. The molecule has 7 nitrogen and oxygen atoms in total. The second-order valence-electron chi connectivity index (χ2n) is 6.36. The Morgan fingerprint density at radius 2 is 1.81 bits per heavy atom. The van der Waals surface area contributed by atoms with Crippen molar-refractivity contribution in [2.45, 2.75) is 24.2 Å². The molecular weight excluding hydrogens is 455 g/mol. The van der Waals surface area contributed by atoms with Crippen LogP contribution in [-0.4, -0.2) is 19.5 Å². The van der Waals surface area contributed by atoms with Gasteiger partial charge in [-0.2, -0.15) is 13.2 Å². The van der Waals surface area contributed by atoms with Crippen LogP contribution in [0.5, 0.6) is 0 Å². The standard InChI is InChI=1S/C19H16F3N3O4S2/c1-11-18(23-12(2)26)16(29-24-11)9-7-15-8-10-17(30-15)31(27,28)25-14-5-3-13(4-6-14)19(20,21)22/h3-10,25H,1-2H3,(H,23,26). The first-order valence-electron chi connectivity index (χ1n) is 8.67. The third kappa shape index (κ3) is 5.52. The number of aryl methyl sites for hydroxylation is 1. The molecule has 31 heavy (non-hydrogen) atoms. The summed E-state index contributed by atoms with van der Waals surface area (Å²) in [7, 11) is -3.98. The SMILES string of the molecule is CC(=O)Nc1c(C)noc1C=Cc1ccc(S(=O)(=O)Nc2ccc(C(F)(F)F)cc2)s1. The van der Waals surface area contributed by atoms with Crippen molar-refractivity contribution in [2.75, 3.05) is 10.0 Å². The fraction of sp³-hybridized carbons (Fsp3) is 0.158. The van der Waals surface area contributed by atoms with E-state index in [9.17, 15) is 26.4 Å². The number of hydrogen-bond acceptors (Lipinski definition) is 6. The largest absolute Gasteiger partial charge is 0.416 e. The third-order valence-electron chi connectivity index (χ3n) is 3.92. The fourth-order valence-electron chi connectivity index (χ4n) is 2.49. The van der Waals surface area contributed by atoms with E-state index >= 15 is 0 Å². The minimum atomic E-state index is -4.51. The Morgan fingerprint density at radius 1 is 1.13 bits per heavy atom. The number of hydrogen-bond donors (Lipinski definition) is 2. The number of nitrogens with zero attached hydrogens (tertiary/aromatic N) is 1. The van der Waals surface area contributed by atoms with E-state index in [1.54, 1.807) is 19.1 Å². The Bertz CT molecular complexity index is 1230. The van der Waals surface area contributed by atoms with Gasteiger partial charge in [-0.15, -0.1) is 11.3 Å². The van der Waals surface area contributed by atoms with E-state index in [0.29, 0.717) is 22.0 Å². The van der Waals surface area contributed by atoms with Crippen LogP contribution >= 0.6 is 11.3 Å². The molecule has 1 aromatic carbocycles. The Hall–Kier alpha value is -3.12. The summed E-state index contributed by atoms with van der Waals surface area (Å²) in [5.41, 5.74) is 0.0398. The summed E-state index contributed by atoms with van der Waals surface area (Å²) in [6.07, 6.45) is -1.38. The molecule has 0 saturated heterocycles. The fourth-order valence-corrected chi connectivity index (χ4v) is 4.78. The highest BCUT2D eigenvalue weighted by Gasteiger charge is 2.30. The van der Waals surface area contributed by atoms with Crippen molar-refractivity contribution >= 4 is 50.8 Å². The van der Waals surface area contributed by atoms with Crippen LogP contribution in [0.15, 0.2) is 45.1 Å². The lowest BCUT2D eigenvalue weighted by Gasteiger charge is -2.09. The Labute approximate surface area is 179 Å². The van der Waals surface area contributed by atoms with Crippen LogP contribution < -0.4 is 10.0 Å². The minimum Gasteiger partial charge on any atom is -0.354 e. The number of aromatic nitrogens is 1. The molecule has 0 spiro atoms. The van der Waals surface area contributed by atoms with E-state index in [1.807, 2.05) is 0 Å². The Morgan fingerprint density at radius 3 is 2.42 bits per heavy atom. The molecule has 2 N–H and O–H groups in total.